The number of hydrogen-bond acceptors (Lipinski definition) is 4. The Morgan fingerprint density at radius 1 is 0.472 bits per heavy atom. The molecular weight excluding hydrogens is 504 g/mol. The number of fused-ring (bicyclic) bond motifs is 10. The summed E-state index contributed by atoms with van der Waals surface area (Å²) in [6.45, 7) is 0. The smallest absolute Gasteiger partial charge is 0.264 e. The van der Waals surface area contributed by atoms with Gasteiger partial charge >= 0.3 is 0 Å². The van der Waals surface area contributed by atoms with Crippen LogP contribution in [-0.2, 0) is 0 Å². The van der Waals surface area contributed by atoms with E-state index in [1.807, 2.05) is 0 Å². The van der Waals surface area contributed by atoms with E-state index in [4.69, 9.17) is 0 Å². The van der Waals surface area contributed by atoms with Crippen LogP contribution < -0.4 is 11.1 Å². The lowest BCUT2D eigenvalue weighted by Gasteiger charge is -1.99. The topological polar surface area (TPSA) is 68.7 Å². The van der Waals surface area contributed by atoms with Gasteiger partial charge < -0.3 is 0 Å². The first kappa shape index (κ1) is 20.7. The lowest BCUT2D eigenvalue weighted by Crippen LogP contribution is -2.09. The van der Waals surface area contributed by atoms with E-state index < -0.39 is 91.0 Å². The van der Waals surface area contributed by atoms with Gasteiger partial charge in [-0.25, -0.2) is 45.1 Å². The van der Waals surface area contributed by atoms with E-state index in [1.165, 1.54) is 0 Å². The van der Waals surface area contributed by atoms with E-state index in [1.54, 1.807) is 0 Å². The summed E-state index contributed by atoms with van der Waals surface area (Å²) in [7, 11) is 0. The van der Waals surface area contributed by atoms with Gasteiger partial charge in [0.2, 0.25) is 0 Å². The lowest BCUT2D eigenvalue weighted by molar-refractivity contribution is 0.416. The standard InChI is InChI=1S/C22H2F8N4O2/c23-7-9(25)13(29)17-15(11(7)27)31-19-3-1-5-4(2-6(3)22(36)33(17)19)20-32-16-12(28)8(24)10(26)14(30)18(16)34(20)21(5)35/h1-2H. The van der Waals surface area contributed by atoms with Gasteiger partial charge in [0, 0.05) is 10.8 Å². The maximum Gasteiger partial charge on any atom is 0.264 e. The molecule has 36 heavy (non-hydrogen) atoms. The molecule has 4 aromatic heterocycles. The molecule has 0 saturated carbocycles. The predicted molar refractivity (Wildman–Crippen MR) is 109 cm³/mol. The van der Waals surface area contributed by atoms with Crippen LogP contribution in [0.15, 0.2) is 21.7 Å². The SMILES string of the molecule is O=c1c2cc3c(cc2c2nc4c(F)c(F)c(F)c(F)c4n12)c(=O)n1c3nc2c(F)c(F)c(F)c(F)c21. The molecule has 7 rings (SSSR count). The molecule has 0 unspecified atom stereocenters. The largest absolute Gasteiger partial charge is 0.268 e. The van der Waals surface area contributed by atoms with Crippen LogP contribution in [-0.4, -0.2) is 18.8 Å². The van der Waals surface area contributed by atoms with E-state index in [0.29, 0.717) is 8.80 Å². The van der Waals surface area contributed by atoms with Crippen molar-refractivity contribution in [3.8, 4) is 0 Å². The Hall–Kier alpha value is -4.62. The Bertz CT molecular complexity index is 2130. The number of rotatable bonds is 0. The lowest BCUT2D eigenvalue weighted by atomic mass is 10.1. The van der Waals surface area contributed by atoms with Gasteiger partial charge in [-0.15, -0.1) is 0 Å². The van der Waals surface area contributed by atoms with Crippen LogP contribution in [0.2, 0.25) is 0 Å². The molecule has 0 amide bonds. The summed E-state index contributed by atoms with van der Waals surface area (Å²) in [6.07, 6.45) is 0. The quantitative estimate of drug-likeness (QED) is 0.175. The fraction of sp³-hybridized carbons (Fsp3) is 0. The molecule has 0 saturated heterocycles. The maximum atomic E-state index is 14.5. The summed E-state index contributed by atoms with van der Waals surface area (Å²) in [5.41, 5.74) is -6.90. The molecule has 0 aliphatic rings. The van der Waals surface area contributed by atoms with Crippen molar-refractivity contribution in [2.24, 2.45) is 0 Å². The minimum absolute atomic E-state index is 0.165. The van der Waals surface area contributed by atoms with Crippen LogP contribution in [0.3, 0.4) is 0 Å². The highest BCUT2D eigenvalue weighted by Gasteiger charge is 2.30. The fourth-order valence-corrected chi connectivity index (χ4v) is 4.67. The molecule has 14 heteroatoms. The average molecular weight is 506 g/mol. The predicted octanol–water partition coefficient (Wildman–Crippen LogP) is 4.30. The normalized spacial score (nSPS) is 12.7. The average Bonchev–Trinajstić information content (AvgIpc) is 3.58. The highest BCUT2D eigenvalue weighted by atomic mass is 19.2. The van der Waals surface area contributed by atoms with E-state index >= 15 is 0 Å². The van der Waals surface area contributed by atoms with Crippen molar-refractivity contribution in [2.75, 3.05) is 0 Å². The molecule has 0 fully saturated rings. The van der Waals surface area contributed by atoms with Crippen LogP contribution in [0.1, 0.15) is 0 Å². The number of nitrogens with zero attached hydrogens (tertiary/aromatic N) is 4. The Kier molecular flexibility index (Phi) is 3.53. The summed E-state index contributed by atoms with van der Waals surface area (Å²) in [6, 6.07) is 2.07. The molecule has 4 heterocycles. The zero-order valence-electron chi connectivity index (χ0n) is 16.8. The summed E-state index contributed by atoms with van der Waals surface area (Å²) in [4.78, 5) is 33.6. The molecule has 3 aromatic carbocycles. The maximum absolute atomic E-state index is 14.5. The number of aromatic nitrogens is 4. The van der Waals surface area contributed by atoms with Crippen molar-refractivity contribution in [1.82, 2.24) is 18.8 Å². The molecule has 0 bridgehead atoms. The highest BCUT2D eigenvalue weighted by Crippen LogP contribution is 2.34. The van der Waals surface area contributed by atoms with Crippen molar-refractivity contribution in [1.29, 1.82) is 0 Å². The van der Waals surface area contributed by atoms with Gasteiger partial charge in [-0.1, -0.05) is 0 Å². The van der Waals surface area contributed by atoms with E-state index in [9.17, 15) is 44.7 Å². The molecule has 0 spiro atoms. The van der Waals surface area contributed by atoms with E-state index in [2.05, 4.69) is 9.97 Å². The van der Waals surface area contributed by atoms with Gasteiger partial charge in [0.05, 0.1) is 10.8 Å². The van der Waals surface area contributed by atoms with Crippen LogP contribution in [0.25, 0.3) is 54.9 Å². The third-order valence-electron chi connectivity index (χ3n) is 6.25. The summed E-state index contributed by atoms with van der Waals surface area (Å²) in [5.74, 6) is -16.0. The molecule has 0 atom stereocenters. The van der Waals surface area contributed by atoms with Crippen LogP contribution in [0.5, 0.6) is 0 Å². The molecule has 0 aliphatic carbocycles. The first-order valence-electron chi connectivity index (χ1n) is 9.81. The van der Waals surface area contributed by atoms with Crippen LogP contribution in [0, 0.1) is 46.5 Å². The molecule has 6 nitrogen and oxygen atoms in total. The first-order chi connectivity index (χ1) is 17.0. The summed E-state index contributed by atoms with van der Waals surface area (Å²) >= 11 is 0. The van der Waals surface area contributed by atoms with Gasteiger partial charge in [0.1, 0.15) is 33.4 Å². The van der Waals surface area contributed by atoms with Crippen LogP contribution in [0.4, 0.5) is 35.1 Å². The number of benzene rings is 3. The minimum atomic E-state index is -2.17. The van der Waals surface area contributed by atoms with Crippen molar-refractivity contribution < 1.29 is 35.1 Å². The van der Waals surface area contributed by atoms with Gasteiger partial charge in [-0.05, 0) is 12.1 Å². The summed E-state index contributed by atoms with van der Waals surface area (Å²) in [5, 5.41) is -0.868. The molecule has 0 radical (unpaired) electrons. The molecule has 0 N–H and O–H groups in total. The Labute approximate surface area is 188 Å². The second-order valence-electron chi connectivity index (χ2n) is 8.00. The molecular formula is C22H2F8N4O2. The zero-order valence-corrected chi connectivity index (χ0v) is 16.8. The van der Waals surface area contributed by atoms with E-state index in [-0.39, 0.29) is 21.5 Å². The third kappa shape index (κ3) is 2.05. The van der Waals surface area contributed by atoms with Crippen molar-refractivity contribution in [2.45, 2.75) is 0 Å². The monoisotopic (exact) mass is 506 g/mol. The second kappa shape index (κ2) is 6.13. The Morgan fingerprint density at radius 3 is 1.17 bits per heavy atom. The minimum Gasteiger partial charge on any atom is -0.268 e. The molecule has 178 valence electrons. The fourth-order valence-electron chi connectivity index (χ4n) is 4.67. The van der Waals surface area contributed by atoms with Crippen molar-refractivity contribution in [3.05, 3.63) is 79.4 Å². The number of imidazole rings is 2. The van der Waals surface area contributed by atoms with Crippen molar-refractivity contribution in [3.63, 3.8) is 0 Å². The Morgan fingerprint density at radius 2 is 0.806 bits per heavy atom. The third-order valence-corrected chi connectivity index (χ3v) is 6.25. The zero-order chi connectivity index (χ0) is 25.5. The van der Waals surface area contributed by atoms with Gasteiger partial charge in [-0.2, -0.15) is 0 Å². The second-order valence-corrected chi connectivity index (χ2v) is 8.00. The summed E-state index contributed by atoms with van der Waals surface area (Å²) < 4.78 is 113. The van der Waals surface area contributed by atoms with Gasteiger partial charge in [-0.3, -0.25) is 18.4 Å². The Balaban J connectivity index is 1.71. The van der Waals surface area contributed by atoms with E-state index in [0.717, 1.165) is 12.1 Å². The number of halogens is 8. The van der Waals surface area contributed by atoms with Crippen LogP contribution >= 0.6 is 0 Å². The molecule has 7 aromatic rings. The van der Waals surface area contributed by atoms with Crippen molar-refractivity contribution >= 4 is 54.9 Å². The molecule has 0 aliphatic heterocycles. The first-order valence-corrected chi connectivity index (χ1v) is 9.81. The van der Waals surface area contributed by atoms with Gasteiger partial charge in [0.25, 0.3) is 11.1 Å². The highest BCUT2D eigenvalue weighted by molar-refractivity contribution is 6.11. The van der Waals surface area contributed by atoms with Gasteiger partial charge in [0.15, 0.2) is 46.5 Å². The number of hydrogen-bond donors (Lipinski definition) is 0.